The maximum Gasteiger partial charge on any atom is 0.191 e. The Bertz CT molecular complexity index is 598. The summed E-state index contributed by atoms with van der Waals surface area (Å²) in [7, 11) is 1.76. The van der Waals surface area contributed by atoms with Gasteiger partial charge in [0.1, 0.15) is 5.82 Å². The third-order valence-corrected chi connectivity index (χ3v) is 5.25. The van der Waals surface area contributed by atoms with E-state index in [2.05, 4.69) is 15.6 Å². The average molecular weight is 363 g/mol. The van der Waals surface area contributed by atoms with Crippen molar-refractivity contribution in [3.8, 4) is 0 Å². The number of benzene rings is 1. The zero-order valence-electron chi connectivity index (χ0n) is 15.6. The fourth-order valence-corrected chi connectivity index (χ4v) is 3.43. The van der Waals surface area contributed by atoms with Gasteiger partial charge in [0.2, 0.25) is 0 Å². The Hall–Kier alpha value is -1.66. The van der Waals surface area contributed by atoms with Gasteiger partial charge in [-0.05, 0) is 43.7 Å². The standard InChI is InChI=1S/C20H30FN3O2/c1-22-19(23-11-4-12-26-16-7-13-25-14-8-16)24-15-20(9-10-20)17-5-2-3-6-18(17)21/h2-3,5-6,16H,4,7-15H2,1H3,(H2,22,23,24). The van der Waals surface area contributed by atoms with E-state index >= 15 is 0 Å². The van der Waals surface area contributed by atoms with Crippen LogP contribution in [0.2, 0.25) is 0 Å². The quantitative estimate of drug-likeness (QED) is 0.424. The predicted molar refractivity (Wildman–Crippen MR) is 101 cm³/mol. The summed E-state index contributed by atoms with van der Waals surface area (Å²) in [4.78, 5) is 4.27. The lowest BCUT2D eigenvalue weighted by molar-refractivity contribution is -0.0320. The van der Waals surface area contributed by atoms with Crippen molar-refractivity contribution in [2.24, 2.45) is 4.99 Å². The minimum Gasteiger partial charge on any atom is -0.381 e. The molecule has 0 aromatic heterocycles. The normalized spacial score (nSPS) is 20.0. The van der Waals surface area contributed by atoms with Gasteiger partial charge in [-0.3, -0.25) is 4.99 Å². The fourth-order valence-electron chi connectivity index (χ4n) is 3.43. The summed E-state index contributed by atoms with van der Waals surface area (Å²) < 4.78 is 25.3. The van der Waals surface area contributed by atoms with Gasteiger partial charge in [0.15, 0.2) is 5.96 Å². The highest BCUT2D eigenvalue weighted by molar-refractivity contribution is 5.79. The summed E-state index contributed by atoms with van der Waals surface area (Å²) in [6.07, 6.45) is 5.28. The number of rotatable bonds is 8. The molecule has 0 spiro atoms. The second kappa shape index (κ2) is 9.33. The van der Waals surface area contributed by atoms with Gasteiger partial charge in [-0.25, -0.2) is 4.39 Å². The van der Waals surface area contributed by atoms with Crippen molar-refractivity contribution in [3.05, 3.63) is 35.6 Å². The van der Waals surface area contributed by atoms with Crippen LogP contribution in [-0.4, -0.2) is 52.0 Å². The Balaban J connectivity index is 1.35. The summed E-state index contributed by atoms with van der Waals surface area (Å²) in [6, 6.07) is 7.09. The molecule has 1 aromatic carbocycles. The molecule has 26 heavy (non-hydrogen) atoms. The van der Waals surface area contributed by atoms with Crippen LogP contribution in [0.4, 0.5) is 4.39 Å². The first-order valence-corrected chi connectivity index (χ1v) is 9.62. The molecule has 2 fully saturated rings. The summed E-state index contributed by atoms with van der Waals surface area (Å²) in [6.45, 7) is 3.86. The van der Waals surface area contributed by atoms with Gasteiger partial charge in [-0.15, -0.1) is 0 Å². The highest BCUT2D eigenvalue weighted by Crippen LogP contribution is 2.48. The molecule has 1 aliphatic heterocycles. The minimum atomic E-state index is -0.111. The molecule has 6 heteroatoms. The molecular formula is C20H30FN3O2. The number of hydrogen-bond donors (Lipinski definition) is 2. The van der Waals surface area contributed by atoms with Crippen molar-refractivity contribution in [3.63, 3.8) is 0 Å². The largest absolute Gasteiger partial charge is 0.381 e. The van der Waals surface area contributed by atoms with E-state index in [9.17, 15) is 4.39 Å². The lowest BCUT2D eigenvalue weighted by Gasteiger charge is -2.22. The Morgan fingerprint density at radius 2 is 2.04 bits per heavy atom. The molecule has 0 bridgehead atoms. The third-order valence-electron chi connectivity index (χ3n) is 5.25. The Kier molecular flexibility index (Phi) is 6.86. The highest BCUT2D eigenvalue weighted by atomic mass is 19.1. The van der Waals surface area contributed by atoms with Crippen molar-refractivity contribution in [1.29, 1.82) is 0 Å². The van der Waals surface area contributed by atoms with Crippen molar-refractivity contribution in [1.82, 2.24) is 10.6 Å². The zero-order valence-corrected chi connectivity index (χ0v) is 15.6. The van der Waals surface area contributed by atoms with Crippen molar-refractivity contribution in [2.45, 2.75) is 43.6 Å². The van der Waals surface area contributed by atoms with E-state index in [1.807, 2.05) is 12.1 Å². The van der Waals surface area contributed by atoms with E-state index in [4.69, 9.17) is 9.47 Å². The first kappa shape index (κ1) is 19.1. The number of guanidine groups is 1. The number of ether oxygens (including phenoxy) is 2. The van der Waals surface area contributed by atoms with Gasteiger partial charge >= 0.3 is 0 Å². The average Bonchev–Trinajstić information content (AvgIpc) is 3.46. The van der Waals surface area contributed by atoms with Gasteiger partial charge in [-0.1, -0.05) is 18.2 Å². The van der Waals surface area contributed by atoms with Crippen LogP contribution < -0.4 is 10.6 Å². The molecular weight excluding hydrogens is 333 g/mol. The maximum atomic E-state index is 14.1. The first-order valence-electron chi connectivity index (χ1n) is 9.62. The molecule has 1 aromatic rings. The second-order valence-electron chi connectivity index (χ2n) is 7.15. The molecule has 0 amide bonds. The number of halogens is 1. The van der Waals surface area contributed by atoms with Crippen LogP contribution in [0.25, 0.3) is 0 Å². The lowest BCUT2D eigenvalue weighted by atomic mass is 9.95. The molecule has 1 saturated heterocycles. The minimum absolute atomic E-state index is 0.0882. The third kappa shape index (κ3) is 5.17. The second-order valence-corrected chi connectivity index (χ2v) is 7.15. The molecule has 0 radical (unpaired) electrons. The van der Waals surface area contributed by atoms with Crippen LogP contribution in [0.5, 0.6) is 0 Å². The van der Waals surface area contributed by atoms with E-state index in [1.54, 1.807) is 19.2 Å². The van der Waals surface area contributed by atoms with E-state index < -0.39 is 0 Å². The number of nitrogens with zero attached hydrogens (tertiary/aromatic N) is 1. The molecule has 0 atom stereocenters. The molecule has 2 N–H and O–H groups in total. The predicted octanol–water partition coefficient (Wildman–Crippen LogP) is 2.61. The summed E-state index contributed by atoms with van der Waals surface area (Å²) in [5.41, 5.74) is 0.725. The molecule has 0 unspecified atom stereocenters. The molecule has 2 aliphatic rings. The monoisotopic (exact) mass is 363 g/mol. The van der Waals surface area contributed by atoms with Crippen LogP contribution >= 0.6 is 0 Å². The van der Waals surface area contributed by atoms with Crippen molar-refractivity contribution < 1.29 is 13.9 Å². The van der Waals surface area contributed by atoms with E-state index in [1.165, 1.54) is 0 Å². The van der Waals surface area contributed by atoms with Crippen LogP contribution in [0.15, 0.2) is 29.3 Å². The van der Waals surface area contributed by atoms with Crippen LogP contribution in [0.1, 0.15) is 37.7 Å². The van der Waals surface area contributed by atoms with Crippen LogP contribution in [0, 0.1) is 5.82 Å². The maximum absolute atomic E-state index is 14.1. The van der Waals surface area contributed by atoms with E-state index in [-0.39, 0.29) is 11.2 Å². The van der Waals surface area contributed by atoms with Gasteiger partial charge in [0, 0.05) is 45.4 Å². The number of nitrogens with one attached hydrogen (secondary N) is 2. The zero-order chi connectivity index (χ0) is 18.2. The van der Waals surface area contributed by atoms with Crippen LogP contribution in [0.3, 0.4) is 0 Å². The fraction of sp³-hybridized carbons (Fsp3) is 0.650. The molecule has 3 rings (SSSR count). The van der Waals surface area contributed by atoms with Gasteiger partial charge < -0.3 is 20.1 Å². The first-order chi connectivity index (χ1) is 12.7. The molecule has 5 nitrogen and oxygen atoms in total. The molecule has 144 valence electrons. The summed E-state index contributed by atoms with van der Waals surface area (Å²) in [5.74, 6) is 0.652. The summed E-state index contributed by atoms with van der Waals surface area (Å²) >= 11 is 0. The molecule has 1 aliphatic carbocycles. The summed E-state index contributed by atoms with van der Waals surface area (Å²) in [5, 5.41) is 6.67. The number of aliphatic imine (C=N–C) groups is 1. The van der Waals surface area contributed by atoms with Gasteiger partial charge in [0.05, 0.1) is 6.10 Å². The Labute approximate surface area is 155 Å². The van der Waals surface area contributed by atoms with Gasteiger partial charge in [0.25, 0.3) is 0 Å². The number of hydrogen-bond acceptors (Lipinski definition) is 3. The van der Waals surface area contributed by atoms with E-state index in [0.29, 0.717) is 12.6 Å². The van der Waals surface area contributed by atoms with Crippen molar-refractivity contribution >= 4 is 5.96 Å². The Morgan fingerprint density at radius 3 is 2.73 bits per heavy atom. The Morgan fingerprint density at radius 1 is 1.27 bits per heavy atom. The SMILES string of the molecule is CN=C(NCCCOC1CCOCC1)NCC1(c2ccccc2F)CC1. The molecule has 1 saturated carbocycles. The smallest absolute Gasteiger partial charge is 0.191 e. The van der Waals surface area contributed by atoms with E-state index in [0.717, 1.165) is 70.0 Å². The van der Waals surface area contributed by atoms with Crippen LogP contribution in [-0.2, 0) is 14.9 Å². The molecule has 1 heterocycles. The van der Waals surface area contributed by atoms with Gasteiger partial charge in [-0.2, -0.15) is 0 Å². The lowest BCUT2D eigenvalue weighted by Crippen LogP contribution is -2.42. The topological polar surface area (TPSA) is 54.9 Å². The van der Waals surface area contributed by atoms with Crippen molar-refractivity contribution in [2.75, 3.05) is 40.0 Å². The highest BCUT2D eigenvalue weighted by Gasteiger charge is 2.45.